The number of benzene rings is 1. The summed E-state index contributed by atoms with van der Waals surface area (Å²) in [6.45, 7) is 0.124. The molecule has 174 valence electrons. The van der Waals surface area contributed by atoms with E-state index in [1.165, 1.54) is 17.0 Å². The number of nitrogen functional groups attached to an aromatic ring is 1. The second kappa shape index (κ2) is 8.77. The Morgan fingerprint density at radius 2 is 2.21 bits per heavy atom. The standard InChI is InChI=1S/C23H20ClFN5O3S/c24-16-7-14(22(26)27)8-17(25)15(16)10-29-5-2-13-1-4-28(11-19(13)29)12-33-23(32)18-3-6-34-21-9-20(31)30(18)21/h1-5,7-8,11,21H,6,9-10,12H2,(H3,26,27)/q+1. The molecule has 2 aliphatic rings. The van der Waals surface area contributed by atoms with E-state index >= 15 is 0 Å². The highest BCUT2D eigenvalue weighted by Gasteiger charge is 2.43. The van der Waals surface area contributed by atoms with E-state index in [1.54, 1.807) is 34.8 Å². The van der Waals surface area contributed by atoms with Crippen LogP contribution in [0.25, 0.3) is 10.9 Å². The quantitative estimate of drug-likeness (QED) is 0.178. The van der Waals surface area contributed by atoms with Gasteiger partial charge in [-0.05, 0) is 24.3 Å². The third-order valence-corrected chi connectivity index (χ3v) is 7.30. The number of nitrogens with one attached hydrogen (secondary N) is 1. The number of carbonyl (C=O) groups excluding carboxylic acids is 2. The molecule has 1 saturated heterocycles. The van der Waals surface area contributed by atoms with E-state index < -0.39 is 11.8 Å². The van der Waals surface area contributed by atoms with Crippen LogP contribution in [0.15, 0.2) is 54.6 Å². The molecule has 34 heavy (non-hydrogen) atoms. The zero-order valence-electron chi connectivity index (χ0n) is 17.8. The van der Waals surface area contributed by atoms with Crippen molar-refractivity contribution in [3.63, 3.8) is 0 Å². The molecule has 1 aromatic carbocycles. The van der Waals surface area contributed by atoms with Gasteiger partial charge in [-0.25, -0.2) is 9.18 Å². The highest BCUT2D eigenvalue weighted by atomic mass is 35.5. The van der Waals surface area contributed by atoms with Crippen LogP contribution in [0.5, 0.6) is 0 Å². The lowest BCUT2D eigenvalue weighted by atomic mass is 10.1. The molecule has 2 aliphatic heterocycles. The van der Waals surface area contributed by atoms with Crippen molar-refractivity contribution in [3.8, 4) is 0 Å². The van der Waals surface area contributed by atoms with Crippen molar-refractivity contribution in [1.82, 2.24) is 9.47 Å². The van der Waals surface area contributed by atoms with Gasteiger partial charge in [-0.2, -0.15) is 4.57 Å². The fraction of sp³-hybridized carbons (Fsp3) is 0.217. The summed E-state index contributed by atoms with van der Waals surface area (Å²) in [7, 11) is 0. The monoisotopic (exact) mass is 500 g/mol. The average Bonchev–Trinajstić information content (AvgIpc) is 3.20. The van der Waals surface area contributed by atoms with Gasteiger partial charge in [-0.15, -0.1) is 11.8 Å². The number of ether oxygens (including phenoxy) is 1. The largest absolute Gasteiger partial charge is 0.400 e. The normalized spacial score (nSPS) is 17.2. The maximum absolute atomic E-state index is 14.7. The summed E-state index contributed by atoms with van der Waals surface area (Å²) >= 11 is 7.89. The number of halogens is 2. The highest BCUT2D eigenvalue weighted by Crippen LogP contribution is 2.37. The summed E-state index contributed by atoms with van der Waals surface area (Å²) in [6.07, 6.45) is 7.55. The number of amides is 1. The second-order valence-electron chi connectivity index (χ2n) is 7.98. The van der Waals surface area contributed by atoms with Crippen LogP contribution in [0.1, 0.15) is 17.5 Å². The molecule has 0 radical (unpaired) electrons. The zero-order valence-corrected chi connectivity index (χ0v) is 19.4. The summed E-state index contributed by atoms with van der Waals surface area (Å²) in [4.78, 5) is 25.9. The number of thioether (sulfide) groups is 1. The number of hydrogen-bond donors (Lipinski definition) is 2. The first kappa shape index (κ1) is 22.4. The van der Waals surface area contributed by atoms with E-state index in [9.17, 15) is 14.0 Å². The second-order valence-corrected chi connectivity index (χ2v) is 9.60. The molecule has 1 atom stereocenters. The molecule has 8 nitrogen and oxygen atoms in total. The molecule has 2 aromatic heterocycles. The molecule has 1 amide bonds. The predicted molar refractivity (Wildman–Crippen MR) is 126 cm³/mol. The summed E-state index contributed by atoms with van der Waals surface area (Å²) in [5.41, 5.74) is 7.03. The van der Waals surface area contributed by atoms with Crippen LogP contribution in [-0.2, 0) is 27.6 Å². The average molecular weight is 501 g/mol. The van der Waals surface area contributed by atoms with Crippen molar-refractivity contribution < 1.29 is 23.3 Å². The molecule has 4 heterocycles. The van der Waals surface area contributed by atoms with Gasteiger partial charge in [0.2, 0.25) is 5.91 Å². The van der Waals surface area contributed by atoms with E-state index in [1.807, 2.05) is 22.9 Å². The fourth-order valence-electron chi connectivity index (χ4n) is 4.00. The molecule has 1 fully saturated rings. The molecule has 3 N–H and O–H groups in total. The van der Waals surface area contributed by atoms with Crippen LogP contribution < -0.4 is 10.3 Å². The van der Waals surface area contributed by atoms with Gasteiger partial charge in [0, 0.05) is 39.6 Å². The van der Waals surface area contributed by atoms with Crippen molar-refractivity contribution in [3.05, 3.63) is 76.6 Å². The van der Waals surface area contributed by atoms with Crippen LogP contribution >= 0.6 is 23.4 Å². The Bertz CT molecular complexity index is 1370. The Kier molecular flexibility index (Phi) is 5.78. The summed E-state index contributed by atoms with van der Waals surface area (Å²) in [5.74, 6) is -0.755. The molecular weight excluding hydrogens is 481 g/mol. The summed E-state index contributed by atoms with van der Waals surface area (Å²) in [6, 6.07) is 6.42. The maximum atomic E-state index is 14.7. The van der Waals surface area contributed by atoms with E-state index in [2.05, 4.69) is 0 Å². The van der Waals surface area contributed by atoms with Gasteiger partial charge in [0.25, 0.3) is 6.73 Å². The number of aromatic nitrogens is 2. The zero-order chi connectivity index (χ0) is 24.0. The van der Waals surface area contributed by atoms with Crippen LogP contribution in [0.2, 0.25) is 5.02 Å². The minimum atomic E-state index is -0.546. The maximum Gasteiger partial charge on any atom is 0.359 e. The van der Waals surface area contributed by atoms with E-state index in [0.717, 1.165) is 10.9 Å². The van der Waals surface area contributed by atoms with Crippen molar-refractivity contribution in [2.24, 2.45) is 5.73 Å². The van der Waals surface area contributed by atoms with Crippen molar-refractivity contribution in [2.75, 3.05) is 5.75 Å². The number of nitrogens with zero attached hydrogens (tertiary/aromatic N) is 3. The Labute approximate surface area is 203 Å². The molecule has 0 saturated carbocycles. The summed E-state index contributed by atoms with van der Waals surface area (Å²) < 4.78 is 23.7. The van der Waals surface area contributed by atoms with Crippen LogP contribution in [0, 0.1) is 11.2 Å². The molecule has 0 aliphatic carbocycles. The van der Waals surface area contributed by atoms with Crippen molar-refractivity contribution in [1.29, 1.82) is 5.41 Å². The topological polar surface area (TPSA) is 105 Å². The SMILES string of the molecule is N=C(N)c1cc(F)c(Cn2ccc3cc[n+](COC(=O)C4=CCSC5CC(=O)N45)cc32)c(Cl)c1. The van der Waals surface area contributed by atoms with Crippen LogP contribution in [0.3, 0.4) is 0 Å². The van der Waals surface area contributed by atoms with Gasteiger partial charge in [-0.3, -0.25) is 15.1 Å². The number of fused-ring (bicyclic) bond motifs is 2. The number of nitrogens with two attached hydrogens (primary N) is 1. The lowest BCUT2D eigenvalue weighted by Gasteiger charge is -2.42. The van der Waals surface area contributed by atoms with Gasteiger partial charge >= 0.3 is 5.97 Å². The number of amidine groups is 1. The minimum Gasteiger partial charge on any atom is -0.400 e. The number of pyridine rings is 1. The van der Waals surface area contributed by atoms with Crippen LogP contribution in [-0.4, -0.2) is 38.3 Å². The van der Waals surface area contributed by atoms with Gasteiger partial charge < -0.3 is 15.0 Å². The predicted octanol–water partition coefficient (Wildman–Crippen LogP) is 2.74. The molecule has 1 unspecified atom stereocenters. The fourth-order valence-corrected chi connectivity index (χ4v) is 5.39. The Balaban J connectivity index is 1.34. The Hall–Kier alpha value is -3.37. The number of β-lactam (4-membered cyclic amide) rings is 1. The Morgan fingerprint density at radius 1 is 1.38 bits per heavy atom. The minimum absolute atomic E-state index is 0.0177. The molecule has 0 spiro atoms. The van der Waals surface area contributed by atoms with E-state index in [0.29, 0.717) is 17.9 Å². The lowest BCUT2D eigenvalue weighted by Crippen LogP contribution is -2.53. The third-order valence-electron chi connectivity index (χ3n) is 5.84. The first-order chi connectivity index (χ1) is 16.3. The number of hydrogen-bond acceptors (Lipinski definition) is 5. The number of carbonyl (C=O) groups is 2. The number of esters is 1. The molecule has 5 rings (SSSR count). The van der Waals surface area contributed by atoms with E-state index in [-0.39, 0.29) is 46.5 Å². The molecular formula is C23H20ClFN5O3S+. The lowest BCUT2D eigenvalue weighted by molar-refractivity contribution is -0.726. The van der Waals surface area contributed by atoms with Gasteiger partial charge in [0.1, 0.15) is 22.9 Å². The van der Waals surface area contributed by atoms with E-state index in [4.69, 9.17) is 27.5 Å². The van der Waals surface area contributed by atoms with Gasteiger partial charge in [0.05, 0.1) is 18.3 Å². The first-order valence-electron chi connectivity index (χ1n) is 10.4. The molecule has 3 aromatic rings. The summed E-state index contributed by atoms with van der Waals surface area (Å²) in [5, 5.41) is 8.60. The Morgan fingerprint density at radius 3 is 2.94 bits per heavy atom. The highest BCUT2D eigenvalue weighted by molar-refractivity contribution is 8.00. The molecule has 0 bridgehead atoms. The van der Waals surface area contributed by atoms with Crippen molar-refractivity contribution in [2.45, 2.75) is 25.1 Å². The molecule has 11 heteroatoms. The van der Waals surface area contributed by atoms with Gasteiger partial charge in [0.15, 0.2) is 12.4 Å². The number of rotatable bonds is 6. The van der Waals surface area contributed by atoms with Crippen LogP contribution in [0.4, 0.5) is 4.39 Å². The third kappa shape index (κ3) is 4.03. The smallest absolute Gasteiger partial charge is 0.359 e. The van der Waals surface area contributed by atoms with Gasteiger partial charge in [-0.1, -0.05) is 11.6 Å². The first-order valence-corrected chi connectivity index (χ1v) is 11.9. The van der Waals surface area contributed by atoms with Crippen molar-refractivity contribution >= 4 is 52.0 Å².